The van der Waals surface area contributed by atoms with E-state index >= 15 is 0 Å². The van der Waals surface area contributed by atoms with Gasteiger partial charge >= 0.3 is 0 Å². The highest BCUT2D eigenvalue weighted by molar-refractivity contribution is 7.22. The maximum Gasteiger partial charge on any atom is 0.195 e. The molecular weight excluding hydrogens is 466 g/mol. The molecule has 1 unspecified atom stereocenters. The molecule has 1 saturated heterocycles. The summed E-state index contributed by atoms with van der Waals surface area (Å²) in [5, 5.41) is 0.956. The third kappa shape index (κ3) is 5.48. The van der Waals surface area contributed by atoms with Gasteiger partial charge in [-0.15, -0.1) is 11.3 Å². The Balaban J connectivity index is 1.31. The smallest absolute Gasteiger partial charge is 0.195 e. The first-order valence-electron chi connectivity index (χ1n) is 12.8. The van der Waals surface area contributed by atoms with Crippen molar-refractivity contribution in [2.24, 2.45) is 5.92 Å². The van der Waals surface area contributed by atoms with Crippen molar-refractivity contribution in [3.8, 4) is 21.9 Å². The van der Waals surface area contributed by atoms with Gasteiger partial charge < -0.3 is 14.4 Å². The van der Waals surface area contributed by atoms with E-state index in [1.54, 1.807) is 18.4 Å². The molecule has 36 heavy (non-hydrogen) atoms. The molecule has 2 heterocycles. The summed E-state index contributed by atoms with van der Waals surface area (Å²) in [5.74, 6) is 2.42. The molecule has 4 nitrogen and oxygen atoms in total. The summed E-state index contributed by atoms with van der Waals surface area (Å²) in [6, 6.07) is 23.6. The molecule has 5 heteroatoms. The van der Waals surface area contributed by atoms with Crippen LogP contribution in [0.1, 0.15) is 42.1 Å². The van der Waals surface area contributed by atoms with Gasteiger partial charge in [0.2, 0.25) is 0 Å². The van der Waals surface area contributed by atoms with Gasteiger partial charge in [-0.25, -0.2) is 0 Å². The third-order valence-electron chi connectivity index (χ3n) is 6.91. The van der Waals surface area contributed by atoms with Crippen molar-refractivity contribution >= 4 is 27.2 Å². The van der Waals surface area contributed by atoms with Crippen molar-refractivity contribution in [3.05, 3.63) is 83.9 Å². The molecule has 0 aliphatic carbocycles. The number of thiophene rings is 1. The van der Waals surface area contributed by atoms with E-state index in [-0.39, 0.29) is 5.78 Å². The normalized spacial score (nSPS) is 16.2. The molecule has 0 bridgehead atoms. The van der Waals surface area contributed by atoms with Crippen LogP contribution in [0.25, 0.3) is 20.5 Å². The summed E-state index contributed by atoms with van der Waals surface area (Å²) in [6.07, 6.45) is 3.66. The number of carbonyl (C=O) groups excluding carboxylic acids is 1. The van der Waals surface area contributed by atoms with Gasteiger partial charge in [0.05, 0.1) is 13.7 Å². The Kier molecular flexibility index (Phi) is 7.69. The Labute approximate surface area is 217 Å². The van der Waals surface area contributed by atoms with Crippen LogP contribution in [0.15, 0.2) is 72.8 Å². The Morgan fingerprint density at radius 1 is 1.03 bits per heavy atom. The van der Waals surface area contributed by atoms with E-state index in [9.17, 15) is 4.79 Å². The number of fused-ring (bicyclic) bond motifs is 1. The van der Waals surface area contributed by atoms with Gasteiger partial charge in [0, 0.05) is 39.2 Å². The highest BCUT2D eigenvalue weighted by Crippen LogP contribution is 2.41. The van der Waals surface area contributed by atoms with E-state index < -0.39 is 0 Å². The summed E-state index contributed by atoms with van der Waals surface area (Å²) in [4.78, 5) is 17.3. The topological polar surface area (TPSA) is 38.8 Å². The van der Waals surface area contributed by atoms with Gasteiger partial charge in [0.1, 0.15) is 11.5 Å². The SMILES string of the molecule is COc1ccc2c(C(=O)c3ccc(OCCCN4CCCC(C)C4)cc3)c(-c3ccccc3)sc2c1. The number of rotatable bonds is 9. The Morgan fingerprint density at radius 3 is 2.56 bits per heavy atom. The maximum absolute atomic E-state index is 13.8. The third-order valence-corrected chi connectivity index (χ3v) is 8.11. The van der Waals surface area contributed by atoms with E-state index in [0.717, 1.165) is 56.5 Å². The van der Waals surface area contributed by atoms with Crippen molar-refractivity contribution < 1.29 is 14.3 Å². The number of hydrogen-bond acceptors (Lipinski definition) is 5. The lowest BCUT2D eigenvalue weighted by Gasteiger charge is -2.30. The monoisotopic (exact) mass is 499 g/mol. The minimum atomic E-state index is 0.0241. The van der Waals surface area contributed by atoms with Crippen LogP contribution in [-0.2, 0) is 0 Å². The molecule has 1 atom stereocenters. The van der Waals surface area contributed by atoms with Crippen molar-refractivity contribution in [1.82, 2.24) is 4.90 Å². The van der Waals surface area contributed by atoms with Crippen LogP contribution in [0, 0.1) is 5.92 Å². The van der Waals surface area contributed by atoms with Crippen LogP contribution in [-0.4, -0.2) is 44.0 Å². The molecule has 1 aliphatic rings. The van der Waals surface area contributed by atoms with Gasteiger partial charge in [-0.05, 0) is 79.8 Å². The number of nitrogens with zero attached hydrogens (tertiary/aromatic N) is 1. The fraction of sp³-hybridized carbons (Fsp3) is 0.323. The number of ether oxygens (including phenoxy) is 2. The molecule has 4 aromatic rings. The second-order valence-corrected chi connectivity index (χ2v) is 10.7. The van der Waals surface area contributed by atoms with Crippen LogP contribution in [0.4, 0.5) is 0 Å². The maximum atomic E-state index is 13.8. The zero-order valence-electron chi connectivity index (χ0n) is 21.0. The van der Waals surface area contributed by atoms with Crippen molar-refractivity contribution in [3.63, 3.8) is 0 Å². The van der Waals surface area contributed by atoms with E-state index in [4.69, 9.17) is 9.47 Å². The second kappa shape index (κ2) is 11.3. The number of methoxy groups -OCH3 is 1. The zero-order chi connectivity index (χ0) is 24.9. The molecule has 0 amide bonds. The number of carbonyl (C=O) groups is 1. The molecule has 0 saturated carbocycles. The van der Waals surface area contributed by atoms with Crippen molar-refractivity contribution in [2.75, 3.05) is 33.4 Å². The molecule has 1 fully saturated rings. The minimum absolute atomic E-state index is 0.0241. The molecule has 186 valence electrons. The average Bonchev–Trinajstić information content (AvgIpc) is 3.30. The lowest BCUT2D eigenvalue weighted by atomic mass is 9.97. The second-order valence-electron chi connectivity index (χ2n) is 9.64. The summed E-state index contributed by atoms with van der Waals surface area (Å²) in [5.41, 5.74) is 2.45. The fourth-order valence-corrected chi connectivity index (χ4v) is 6.27. The number of likely N-dealkylation sites (tertiary alicyclic amines) is 1. The number of benzene rings is 3. The molecule has 1 aliphatic heterocycles. The van der Waals surface area contributed by atoms with Gasteiger partial charge in [-0.2, -0.15) is 0 Å². The van der Waals surface area contributed by atoms with Gasteiger partial charge in [-0.1, -0.05) is 37.3 Å². The van der Waals surface area contributed by atoms with Gasteiger partial charge in [0.15, 0.2) is 5.78 Å². The largest absolute Gasteiger partial charge is 0.497 e. The lowest BCUT2D eigenvalue weighted by Crippen LogP contribution is -2.35. The molecule has 1 aromatic heterocycles. The first kappa shape index (κ1) is 24.5. The van der Waals surface area contributed by atoms with Crippen molar-refractivity contribution in [2.45, 2.75) is 26.2 Å². The summed E-state index contributed by atoms with van der Waals surface area (Å²) in [7, 11) is 1.66. The Hall–Kier alpha value is -3.15. The highest BCUT2D eigenvalue weighted by Gasteiger charge is 2.22. The highest BCUT2D eigenvalue weighted by atomic mass is 32.1. The molecule has 0 N–H and O–H groups in total. The average molecular weight is 500 g/mol. The van der Waals surface area contributed by atoms with E-state index in [1.807, 2.05) is 60.7 Å². The number of hydrogen-bond donors (Lipinski definition) is 0. The lowest BCUT2D eigenvalue weighted by molar-refractivity contribution is 0.104. The quantitative estimate of drug-likeness (QED) is 0.179. The Bertz CT molecular complexity index is 1310. The van der Waals surface area contributed by atoms with E-state index in [1.165, 1.54) is 25.9 Å². The van der Waals surface area contributed by atoms with Crippen LogP contribution >= 0.6 is 11.3 Å². The number of ketones is 1. The first-order chi connectivity index (χ1) is 17.6. The van der Waals surface area contributed by atoms with Crippen molar-refractivity contribution in [1.29, 1.82) is 0 Å². The standard InChI is InChI=1S/C31H33NO3S/c1-22-8-6-17-32(21-22)18-7-19-35-25-13-11-23(12-14-25)30(33)29-27-16-15-26(34-2)20-28(27)36-31(29)24-9-4-3-5-10-24/h3-5,9-16,20,22H,6-8,17-19,21H2,1-2H3. The molecular formula is C31H33NO3S. The molecule has 0 radical (unpaired) electrons. The van der Waals surface area contributed by atoms with E-state index in [2.05, 4.69) is 24.0 Å². The van der Waals surface area contributed by atoms with Crippen LogP contribution in [0.2, 0.25) is 0 Å². The molecule has 3 aromatic carbocycles. The van der Waals surface area contributed by atoms with Gasteiger partial charge in [-0.3, -0.25) is 4.79 Å². The first-order valence-corrected chi connectivity index (χ1v) is 13.6. The minimum Gasteiger partial charge on any atom is -0.497 e. The predicted octanol–water partition coefficient (Wildman–Crippen LogP) is 7.31. The number of piperidine rings is 1. The van der Waals surface area contributed by atoms with Crippen LogP contribution in [0.5, 0.6) is 11.5 Å². The van der Waals surface area contributed by atoms with Gasteiger partial charge in [0.25, 0.3) is 0 Å². The zero-order valence-corrected chi connectivity index (χ0v) is 21.9. The summed E-state index contributed by atoms with van der Waals surface area (Å²) in [6.45, 7) is 6.51. The van der Waals surface area contributed by atoms with Crippen LogP contribution in [0.3, 0.4) is 0 Å². The van der Waals surface area contributed by atoms with Crippen LogP contribution < -0.4 is 9.47 Å². The summed E-state index contributed by atoms with van der Waals surface area (Å²) < 4.78 is 12.4. The predicted molar refractivity (Wildman–Crippen MR) is 149 cm³/mol. The molecule has 5 rings (SSSR count). The molecule has 0 spiro atoms. The fourth-order valence-electron chi connectivity index (χ4n) is 5.04. The Morgan fingerprint density at radius 2 is 1.81 bits per heavy atom. The summed E-state index contributed by atoms with van der Waals surface area (Å²) >= 11 is 1.63. The van der Waals surface area contributed by atoms with E-state index in [0.29, 0.717) is 12.2 Å².